The molecule has 30 heavy (non-hydrogen) atoms. The van der Waals surface area contributed by atoms with E-state index in [1.807, 2.05) is 59.5 Å². The standard InChI is InChI=1S/C23H25ClN4O2/c1-3-26-10-12-27(13-11-26)23(29)22-16-21(17-6-4-9-20(14-17)30-2)25-28(22)19-8-5-7-18(24)15-19/h4-9,14-16H,3,10-13H2,1-2H3/p+1. The summed E-state index contributed by atoms with van der Waals surface area (Å²) in [5.41, 5.74) is 2.91. The maximum Gasteiger partial charge on any atom is 0.273 e. The number of likely N-dealkylation sites (N-methyl/N-ethyl adjacent to an activating group) is 1. The first kappa shape index (κ1) is 20.4. The fourth-order valence-electron chi connectivity index (χ4n) is 3.80. The molecule has 1 aromatic heterocycles. The van der Waals surface area contributed by atoms with Gasteiger partial charge in [-0.25, -0.2) is 4.68 Å². The summed E-state index contributed by atoms with van der Waals surface area (Å²) in [6, 6.07) is 16.9. The van der Waals surface area contributed by atoms with Crippen LogP contribution in [0.3, 0.4) is 0 Å². The number of hydrogen-bond donors (Lipinski definition) is 1. The van der Waals surface area contributed by atoms with Crippen molar-refractivity contribution in [2.75, 3.05) is 39.8 Å². The molecule has 2 heterocycles. The number of aromatic nitrogens is 2. The van der Waals surface area contributed by atoms with Gasteiger partial charge < -0.3 is 14.5 Å². The Morgan fingerprint density at radius 3 is 2.60 bits per heavy atom. The van der Waals surface area contributed by atoms with Gasteiger partial charge in [0.2, 0.25) is 0 Å². The third-order valence-electron chi connectivity index (χ3n) is 5.60. The Kier molecular flexibility index (Phi) is 6.06. The first-order valence-electron chi connectivity index (χ1n) is 10.2. The predicted molar refractivity (Wildman–Crippen MR) is 118 cm³/mol. The van der Waals surface area contributed by atoms with Crippen molar-refractivity contribution in [3.63, 3.8) is 0 Å². The molecule has 1 aliphatic rings. The molecule has 0 saturated carbocycles. The highest BCUT2D eigenvalue weighted by Gasteiger charge is 2.27. The summed E-state index contributed by atoms with van der Waals surface area (Å²) in [5.74, 6) is 0.739. The van der Waals surface area contributed by atoms with E-state index in [-0.39, 0.29) is 5.91 Å². The minimum atomic E-state index is -0.00762. The molecule has 0 aliphatic carbocycles. The number of nitrogens with zero attached hydrogens (tertiary/aromatic N) is 3. The van der Waals surface area contributed by atoms with Crippen LogP contribution in [0.1, 0.15) is 17.4 Å². The second kappa shape index (κ2) is 8.90. The number of rotatable bonds is 5. The maximum absolute atomic E-state index is 13.4. The molecule has 1 aliphatic heterocycles. The first-order valence-corrected chi connectivity index (χ1v) is 10.6. The lowest BCUT2D eigenvalue weighted by molar-refractivity contribution is -0.902. The lowest BCUT2D eigenvalue weighted by atomic mass is 10.1. The van der Waals surface area contributed by atoms with E-state index >= 15 is 0 Å². The van der Waals surface area contributed by atoms with Gasteiger partial charge in [-0.2, -0.15) is 5.10 Å². The number of carbonyl (C=O) groups excluding carboxylic acids is 1. The molecule has 0 radical (unpaired) electrons. The molecule has 0 unspecified atom stereocenters. The highest BCUT2D eigenvalue weighted by Crippen LogP contribution is 2.26. The monoisotopic (exact) mass is 425 g/mol. The predicted octanol–water partition coefficient (Wildman–Crippen LogP) is 2.56. The van der Waals surface area contributed by atoms with E-state index in [1.54, 1.807) is 11.8 Å². The van der Waals surface area contributed by atoms with E-state index in [9.17, 15) is 4.79 Å². The number of ether oxygens (including phenoxy) is 1. The van der Waals surface area contributed by atoms with Gasteiger partial charge in [-0.05, 0) is 43.3 Å². The summed E-state index contributed by atoms with van der Waals surface area (Å²) in [4.78, 5) is 16.9. The first-order chi connectivity index (χ1) is 14.6. The number of benzene rings is 2. The van der Waals surface area contributed by atoms with Crippen molar-refractivity contribution in [3.8, 4) is 22.7 Å². The van der Waals surface area contributed by atoms with E-state index in [1.165, 1.54) is 4.90 Å². The van der Waals surface area contributed by atoms with Crippen LogP contribution in [-0.2, 0) is 0 Å². The molecule has 0 bridgehead atoms. The molecule has 1 fully saturated rings. The van der Waals surface area contributed by atoms with E-state index in [2.05, 4.69) is 6.92 Å². The Morgan fingerprint density at radius 1 is 1.13 bits per heavy atom. The lowest BCUT2D eigenvalue weighted by Gasteiger charge is -2.31. The molecule has 6 nitrogen and oxygen atoms in total. The zero-order chi connectivity index (χ0) is 21.1. The van der Waals surface area contributed by atoms with E-state index in [4.69, 9.17) is 21.4 Å². The molecule has 1 saturated heterocycles. The zero-order valence-corrected chi connectivity index (χ0v) is 18.0. The van der Waals surface area contributed by atoms with Crippen LogP contribution in [0.15, 0.2) is 54.6 Å². The number of quaternary nitrogens is 1. The highest BCUT2D eigenvalue weighted by atomic mass is 35.5. The molecular weight excluding hydrogens is 400 g/mol. The van der Waals surface area contributed by atoms with Gasteiger partial charge in [0.15, 0.2) is 0 Å². The number of amides is 1. The minimum Gasteiger partial charge on any atom is -0.497 e. The Bertz CT molecular complexity index is 1040. The van der Waals surface area contributed by atoms with Crippen molar-refractivity contribution < 1.29 is 14.4 Å². The van der Waals surface area contributed by atoms with Gasteiger partial charge >= 0.3 is 0 Å². The minimum absolute atomic E-state index is 0.00762. The van der Waals surface area contributed by atoms with Crippen LogP contribution >= 0.6 is 11.6 Å². The van der Waals surface area contributed by atoms with Crippen LogP contribution in [0.2, 0.25) is 5.02 Å². The SMILES string of the molecule is CC[NH+]1CCN(C(=O)c2cc(-c3cccc(OC)c3)nn2-c2cccc(Cl)c2)CC1. The smallest absolute Gasteiger partial charge is 0.273 e. The van der Waals surface area contributed by atoms with Gasteiger partial charge in [0, 0.05) is 10.6 Å². The van der Waals surface area contributed by atoms with Crippen molar-refractivity contribution >= 4 is 17.5 Å². The van der Waals surface area contributed by atoms with Gasteiger partial charge in [0.05, 0.1) is 51.2 Å². The maximum atomic E-state index is 13.4. The third kappa shape index (κ3) is 4.20. The fraction of sp³-hybridized carbons (Fsp3) is 0.304. The second-order valence-electron chi connectivity index (χ2n) is 7.43. The van der Waals surface area contributed by atoms with Crippen LogP contribution in [0, 0.1) is 0 Å². The van der Waals surface area contributed by atoms with Crippen LogP contribution in [0.5, 0.6) is 5.75 Å². The van der Waals surface area contributed by atoms with Crippen LogP contribution < -0.4 is 9.64 Å². The Balaban J connectivity index is 1.74. The second-order valence-corrected chi connectivity index (χ2v) is 7.87. The Labute approximate surface area is 181 Å². The molecule has 0 atom stereocenters. The van der Waals surface area contributed by atoms with Crippen molar-refractivity contribution in [3.05, 3.63) is 65.3 Å². The molecule has 1 amide bonds. The van der Waals surface area contributed by atoms with Gasteiger partial charge in [0.1, 0.15) is 11.4 Å². The van der Waals surface area contributed by atoms with Gasteiger partial charge in [-0.3, -0.25) is 4.79 Å². The highest BCUT2D eigenvalue weighted by molar-refractivity contribution is 6.30. The van der Waals surface area contributed by atoms with Crippen LogP contribution in [-0.4, -0.2) is 60.4 Å². The van der Waals surface area contributed by atoms with Gasteiger partial charge in [0.25, 0.3) is 5.91 Å². The molecule has 156 valence electrons. The fourth-order valence-corrected chi connectivity index (χ4v) is 3.99. The topological polar surface area (TPSA) is 51.8 Å². The van der Waals surface area contributed by atoms with Crippen LogP contribution in [0.25, 0.3) is 16.9 Å². The van der Waals surface area contributed by atoms with Crippen molar-refractivity contribution in [2.24, 2.45) is 0 Å². The number of halogens is 1. The van der Waals surface area contributed by atoms with Gasteiger partial charge in [-0.1, -0.05) is 29.8 Å². The third-order valence-corrected chi connectivity index (χ3v) is 5.84. The largest absolute Gasteiger partial charge is 0.497 e. The van der Waals surface area contributed by atoms with Crippen molar-refractivity contribution in [1.82, 2.24) is 14.7 Å². The Morgan fingerprint density at radius 2 is 1.90 bits per heavy atom. The molecule has 2 aromatic carbocycles. The summed E-state index contributed by atoms with van der Waals surface area (Å²) in [7, 11) is 1.64. The number of piperazine rings is 1. The molecule has 7 heteroatoms. The van der Waals surface area contributed by atoms with Gasteiger partial charge in [-0.15, -0.1) is 0 Å². The lowest BCUT2D eigenvalue weighted by Crippen LogP contribution is -3.14. The summed E-state index contributed by atoms with van der Waals surface area (Å²) >= 11 is 6.21. The molecular formula is C23H26ClN4O2+. The summed E-state index contributed by atoms with van der Waals surface area (Å²) in [6.07, 6.45) is 0. The number of carbonyl (C=O) groups is 1. The molecule has 4 rings (SSSR count). The van der Waals surface area contributed by atoms with Crippen LogP contribution in [0.4, 0.5) is 0 Å². The Hall–Kier alpha value is -2.83. The summed E-state index contributed by atoms with van der Waals surface area (Å²) in [6.45, 7) is 6.70. The molecule has 0 spiro atoms. The average molecular weight is 426 g/mol. The summed E-state index contributed by atoms with van der Waals surface area (Å²) in [5, 5.41) is 5.37. The molecule has 3 aromatic rings. The normalized spacial score (nSPS) is 14.7. The zero-order valence-electron chi connectivity index (χ0n) is 17.3. The van der Waals surface area contributed by atoms with Crippen molar-refractivity contribution in [1.29, 1.82) is 0 Å². The van der Waals surface area contributed by atoms with Crippen molar-refractivity contribution in [2.45, 2.75) is 6.92 Å². The number of nitrogens with one attached hydrogen (secondary N) is 1. The van der Waals surface area contributed by atoms with E-state index in [0.29, 0.717) is 10.7 Å². The van der Waals surface area contributed by atoms with E-state index < -0.39 is 0 Å². The van der Waals surface area contributed by atoms with E-state index in [0.717, 1.165) is 55.4 Å². The average Bonchev–Trinajstić information content (AvgIpc) is 3.24. The quantitative estimate of drug-likeness (QED) is 0.683. The number of methoxy groups -OCH3 is 1. The summed E-state index contributed by atoms with van der Waals surface area (Å²) < 4.78 is 7.04. The number of hydrogen-bond acceptors (Lipinski definition) is 3. The molecule has 1 N–H and O–H groups in total.